The fourth-order valence-electron chi connectivity index (χ4n) is 1.57. The van der Waals surface area contributed by atoms with Gasteiger partial charge in [-0.25, -0.2) is 0 Å². The van der Waals surface area contributed by atoms with E-state index in [1.807, 2.05) is 19.9 Å². The van der Waals surface area contributed by atoms with Gasteiger partial charge in [0.2, 0.25) is 5.91 Å². The monoisotopic (exact) mass is 307 g/mol. The van der Waals surface area contributed by atoms with Gasteiger partial charge in [-0.15, -0.1) is 11.8 Å². The molecule has 0 fully saturated rings. The van der Waals surface area contributed by atoms with Crippen molar-refractivity contribution in [3.63, 3.8) is 0 Å². The molecule has 6 heteroatoms. The van der Waals surface area contributed by atoms with Crippen molar-refractivity contribution >= 4 is 23.4 Å². The Kier molecular flexibility index (Phi) is 5.91. The molecule has 21 heavy (non-hydrogen) atoms. The highest BCUT2D eigenvalue weighted by Crippen LogP contribution is 2.31. The van der Waals surface area contributed by atoms with Gasteiger partial charge in [-0.2, -0.15) is 5.26 Å². The number of rotatable bonds is 6. The van der Waals surface area contributed by atoms with E-state index in [4.69, 9.17) is 10.5 Å². The van der Waals surface area contributed by atoms with Crippen molar-refractivity contribution < 1.29 is 9.53 Å². The van der Waals surface area contributed by atoms with Gasteiger partial charge in [0.15, 0.2) is 0 Å². The molecule has 0 saturated carbocycles. The Balaban J connectivity index is 2.68. The fraction of sp³-hybridized carbons (Fsp3) is 0.467. The largest absolute Gasteiger partial charge is 0.496 e. The molecule has 5 nitrogen and oxygen atoms in total. The Labute approximate surface area is 129 Å². The summed E-state index contributed by atoms with van der Waals surface area (Å²) in [5.41, 5.74) is 5.44. The molecule has 1 amide bonds. The maximum atomic E-state index is 12.0. The lowest BCUT2D eigenvalue weighted by atomic mass is 9.90. The second kappa shape index (κ2) is 7.23. The summed E-state index contributed by atoms with van der Waals surface area (Å²) < 4.78 is 5.23. The van der Waals surface area contributed by atoms with Gasteiger partial charge in [0, 0.05) is 16.6 Å². The third kappa shape index (κ3) is 4.57. The van der Waals surface area contributed by atoms with E-state index in [2.05, 4.69) is 11.4 Å². The normalized spacial score (nSPS) is 13.3. The summed E-state index contributed by atoms with van der Waals surface area (Å²) in [4.78, 5) is 12.9. The molecule has 0 aliphatic heterocycles. The van der Waals surface area contributed by atoms with Gasteiger partial charge >= 0.3 is 0 Å². The number of hydrogen-bond acceptors (Lipinski definition) is 5. The lowest BCUT2D eigenvalue weighted by molar-refractivity contribution is -0.120. The Morgan fingerprint density at radius 2 is 2.24 bits per heavy atom. The first-order valence-electron chi connectivity index (χ1n) is 6.61. The quantitative estimate of drug-likeness (QED) is 0.622. The molecule has 1 atom stereocenters. The fourth-order valence-corrected chi connectivity index (χ4v) is 2.38. The Morgan fingerprint density at radius 3 is 2.76 bits per heavy atom. The van der Waals surface area contributed by atoms with E-state index in [9.17, 15) is 10.1 Å². The van der Waals surface area contributed by atoms with E-state index < -0.39 is 5.54 Å². The highest BCUT2D eigenvalue weighted by atomic mass is 32.2. The van der Waals surface area contributed by atoms with Crippen molar-refractivity contribution in [2.45, 2.75) is 31.2 Å². The minimum absolute atomic E-state index is 0.0301. The molecule has 0 aliphatic rings. The van der Waals surface area contributed by atoms with Crippen LogP contribution in [0.4, 0.5) is 5.69 Å². The number of nitrogen functional groups attached to an aromatic ring is 1. The van der Waals surface area contributed by atoms with Crippen molar-refractivity contribution in [2.75, 3.05) is 18.6 Å². The number of nitrogens with two attached hydrogens (primary N) is 1. The molecule has 1 aromatic rings. The molecule has 0 spiro atoms. The van der Waals surface area contributed by atoms with Crippen LogP contribution < -0.4 is 15.8 Å². The van der Waals surface area contributed by atoms with Gasteiger partial charge < -0.3 is 15.8 Å². The van der Waals surface area contributed by atoms with Crippen molar-refractivity contribution in [2.24, 2.45) is 5.92 Å². The predicted octanol–water partition coefficient (Wildman–Crippen LogP) is 2.42. The number of amides is 1. The number of anilines is 1. The standard InChI is InChI=1S/C15H21N3O2S/c1-10(2)15(3,9-16)18-14(19)8-21-13-6-5-11(17)7-12(13)20-4/h5-7,10H,8,17H2,1-4H3,(H,18,19). The molecule has 0 radical (unpaired) electrons. The Morgan fingerprint density at radius 1 is 1.57 bits per heavy atom. The molecule has 0 saturated heterocycles. The molecule has 3 N–H and O–H groups in total. The minimum atomic E-state index is -0.858. The predicted molar refractivity (Wildman–Crippen MR) is 85.1 cm³/mol. The van der Waals surface area contributed by atoms with Crippen molar-refractivity contribution in [3.8, 4) is 11.8 Å². The average molecular weight is 307 g/mol. The number of nitrogens with one attached hydrogen (secondary N) is 1. The highest BCUT2D eigenvalue weighted by molar-refractivity contribution is 8.00. The van der Waals surface area contributed by atoms with Gasteiger partial charge in [0.25, 0.3) is 0 Å². The molecular weight excluding hydrogens is 286 g/mol. The number of nitrogens with zero attached hydrogens (tertiary/aromatic N) is 1. The van der Waals surface area contributed by atoms with Crippen molar-refractivity contribution in [3.05, 3.63) is 18.2 Å². The molecular formula is C15H21N3O2S. The lowest BCUT2D eigenvalue weighted by Crippen LogP contribution is -2.49. The molecule has 0 bridgehead atoms. The van der Waals surface area contributed by atoms with Crippen LogP contribution in [0.5, 0.6) is 5.75 Å². The zero-order valence-electron chi connectivity index (χ0n) is 12.8. The number of carbonyl (C=O) groups excluding carboxylic acids is 1. The summed E-state index contributed by atoms with van der Waals surface area (Å²) in [6, 6.07) is 7.45. The summed E-state index contributed by atoms with van der Waals surface area (Å²) in [6.07, 6.45) is 0. The van der Waals surface area contributed by atoms with Crippen LogP contribution in [0.3, 0.4) is 0 Å². The van der Waals surface area contributed by atoms with Gasteiger partial charge in [-0.05, 0) is 25.0 Å². The maximum Gasteiger partial charge on any atom is 0.231 e. The average Bonchev–Trinajstić information content (AvgIpc) is 2.45. The molecule has 0 aliphatic carbocycles. The smallest absolute Gasteiger partial charge is 0.231 e. The molecule has 0 aromatic heterocycles. The molecule has 1 aromatic carbocycles. The van der Waals surface area contributed by atoms with Crippen LogP contribution in [-0.4, -0.2) is 24.3 Å². The molecule has 1 unspecified atom stereocenters. The second-order valence-corrected chi connectivity index (χ2v) is 6.23. The number of hydrogen-bond donors (Lipinski definition) is 2. The van der Waals surface area contributed by atoms with Crippen LogP contribution in [0.1, 0.15) is 20.8 Å². The maximum absolute atomic E-state index is 12.0. The Hall–Kier alpha value is -1.87. The first-order chi connectivity index (χ1) is 9.82. The van der Waals surface area contributed by atoms with E-state index in [0.717, 1.165) is 4.90 Å². The zero-order chi connectivity index (χ0) is 16.0. The van der Waals surface area contributed by atoms with Crippen LogP contribution >= 0.6 is 11.8 Å². The number of thioether (sulfide) groups is 1. The third-order valence-electron chi connectivity index (χ3n) is 3.33. The van der Waals surface area contributed by atoms with Crippen molar-refractivity contribution in [1.82, 2.24) is 5.32 Å². The lowest BCUT2D eigenvalue weighted by Gasteiger charge is -2.27. The first kappa shape index (κ1) is 17.2. The summed E-state index contributed by atoms with van der Waals surface area (Å²) in [5, 5.41) is 12.0. The highest BCUT2D eigenvalue weighted by Gasteiger charge is 2.29. The topological polar surface area (TPSA) is 88.1 Å². The third-order valence-corrected chi connectivity index (χ3v) is 4.39. The molecule has 114 valence electrons. The van der Waals surface area contributed by atoms with Crippen molar-refractivity contribution in [1.29, 1.82) is 5.26 Å². The summed E-state index contributed by atoms with van der Waals surface area (Å²) >= 11 is 1.35. The van der Waals surface area contributed by atoms with Crippen LogP contribution in [0, 0.1) is 17.2 Å². The summed E-state index contributed by atoms with van der Waals surface area (Å²) in [6.45, 7) is 5.53. The second-order valence-electron chi connectivity index (χ2n) is 5.22. The number of nitriles is 1. The number of methoxy groups -OCH3 is 1. The zero-order valence-corrected chi connectivity index (χ0v) is 13.6. The summed E-state index contributed by atoms with van der Waals surface area (Å²) in [7, 11) is 1.56. The van der Waals surface area contributed by atoms with Crippen LogP contribution in [0.2, 0.25) is 0 Å². The molecule has 1 rings (SSSR count). The van der Waals surface area contributed by atoms with Crippen LogP contribution in [0.15, 0.2) is 23.1 Å². The first-order valence-corrected chi connectivity index (χ1v) is 7.59. The van der Waals surface area contributed by atoms with Crippen LogP contribution in [-0.2, 0) is 4.79 Å². The van der Waals surface area contributed by atoms with Crippen LogP contribution in [0.25, 0.3) is 0 Å². The van der Waals surface area contributed by atoms with Gasteiger partial charge in [-0.1, -0.05) is 13.8 Å². The number of ether oxygens (including phenoxy) is 1. The van der Waals surface area contributed by atoms with E-state index in [-0.39, 0.29) is 17.6 Å². The van der Waals surface area contributed by atoms with E-state index in [0.29, 0.717) is 11.4 Å². The summed E-state index contributed by atoms with van der Waals surface area (Å²) in [5.74, 6) is 0.698. The number of carbonyl (C=O) groups is 1. The van der Waals surface area contributed by atoms with Gasteiger partial charge in [0.05, 0.1) is 18.9 Å². The number of benzene rings is 1. The van der Waals surface area contributed by atoms with Gasteiger partial charge in [0.1, 0.15) is 11.3 Å². The van der Waals surface area contributed by atoms with E-state index in [1.54, 1.807) is 26.2 Å². The Bertz CT molecular complexity index is 554. The van der Waals surface area contributed by atoms with Gasteiger partial charge in [-0.3, -0.25) is 4.79 Å². The van der Waals surface area contributed by atoms with E-state index >= 15 is 0 Å². The minimum Gasteiger partial charge on any atom is -0.496 e. The van der Waals surface area contributed by atoms with E-state index in [1.165, 1.54) is 11.8 Å². The molecule has 0 heterocycles. The SMILES string of the molecule is COc1cc(N)ccc1SCC(=O)NC(C)(C#N)C(C)C.